The fourth-order valence-electron chi connectivity index (χ4n) is 0.544. The highest BCUT2D eigenvalue weighted by atomic mass is 79.9. The van der Waals surface area contributed by atoms with Gasteiger partial charge in [-0.3, -0.25) is 4.79 Å². The maximum atomic E-state index is 12.3. The lowest BCUT2D eigenvalue weighted by atomic mass is 10.3. The monoisotopic (exact) mass is 288 g/mol. The van der Waals surface area contributed by atoms with Crippen molar-refractivity contribution in [3.63, 3.8) is 0 Å². The number of aliphatic carboxylic acids is 1. The molecule has 0 unspecified atom stereocenters. The molecular weight excluding hydrogens is 284 g/mol. The predicted molar refractivity (Wildman–Crippen MR) is 47.3 cm³/mol. The number of carboxylic acids is 1. The van der Waals surface area contributed by atoms with Crippen LogP contribution < -0.4 is 0 Å². The zero-order valence-corrected chi connectivity index (χ0v) is 8.91. The molecule has 0 radical (unpaired) electrons. The zero-order valence-electron chi connectivity index (χ0n) is 7.32. The molecule has 0 spiro atoms. The second-order valence-corrected chi connectivity index (χ2v) is 3.09. The molecular formula is C8H5BrF4O2. The molecule has 0 heterocycles. The Balaban J connectivity index is 0.000000423. The van der Waals surface area contributed by atoms with Crippen molar-refractivity contribution < 1.29 is 27.5 Å². The molecule has 0 saturated carbocycles. The van der Waals surface area contributed by atoms with Crippen molar-refractivity contribution in [3.8, 4) is 0 Å². The molecule has 1 aromatic carbocycles. The van der Waals surface area contributed by atoms with Crippen molar-refractivity contribution in [1.29, 1.82) is 0 Å². The van der Waals surface area contributed by atoms with E-state index in [0.29, 0.717) is 0 Å². The third-order valence-corrected chi connectivity index (χ3v) is 1.75. The minimum atomic E-state index is -1.43. The lowest BCUT2D eigenvalue weighted by Gasteiger charge is -1.98. The summed E-state index contributed by atoms with van der Waals surface area (Å²) in [7, 11) is 0. The van der Waals surface area contributed by atoms with Crippen LogP contribution >= 0.6 is 15.9 Å². The predicted octanol–water partition coefficient (Wildman–Crippen LogP) is 3.10. The lowest BCUT2D eigenvalue weighted by molar-refractivity contribution is -0.134. The summed E-state index contributed by atoms with van der Waals surface area (Å²) < 4.78 is 48.3. The Morgan fingerprint density at radius 1 is 1.20 bits per heavy atom. The van der Waals surface area contributed by atoms with Crippen LogP contribution in [-0.2, 0) is 4.79 Å². The van der Waals surface area contributed by atoms with Crippen LogP contribution in [0.25, 0.3) is 0 Å². The van der Waals surface area contributed by atoms with Gasteiger partial charge in [0.05, 0.1) is 4.47 Å². The first kappa shape index (κ1) is 13.9. The van der Waals surface area contributed by atoms with Gasteiger partial charge in [-0.05, 0) is 15.9 Å². The third kappa shape index (κ3) is 4.28. The van der Waals surface area contributed by atoms with Gasteiger partial charge in [-0.2, -0.15) is 0 Å². The van der Waals surface area contributed by atoms with Crippen LogP contribution in [-0.4, -0.2) is 11.1 Å². The molecule has 0 aliphatic heterocycles. The molecule has 0 amide bonds. The van der Waals surface area contributed by atoms with E-state index < -0.39 is 33.7 Å². The van der Waals surface area contributed by atoms with E-state index in [-0.39, 0.29) is 6.07 Å². The Labute approximate surface area is 90.7 Å². The minimum absolute atomic E-state index is 0.148. The standard InChI is InChI=1S/C6HBrF4.C2H4O2/c7-4-5(10)2(8)1-3(9)6(4)11;1-2(3)4/h1H;1H3,(H,3,4). The molecule has 7 heteroatoms. The van der Waals surface area contributed by atoms with Crippen LogP contribution in [0.5, 0.6) is 0 Å². The Morgan fingerprint density at radius 3 is 1.73 bits per heavy atom. The number of halogens is 5. The fourth-order valence-corrected chi connectivity index (χ4v) is 0.923. The van der Waals surface area contributed by atoms with E-state index >= 15 is 0 Å². The van der Waals surface area contributed by atoms with Gasteiger partial charge in [-0.1, -0.05) is 0 Å². The van der Waals surface area contributed by atoms with E-state index in [9.17, 15) is 17.6 Å². The van der Waals surface area contributed by atoms with Crippen molar-refractivity contribution >= 4 is 21.9 Å². The average Bonchev–Trinajstić information content (AvgIpc) is 2.11. The van der Waals surface area contributed by atoms with Crippen molar-refractivity contribution in [1.82, 2.24) is 0 Å². The molecule has 0 aliphatic rings. The highest BCUT2D eigenvalue weighted by Crippen LogP contribution is 2.23. The Kier molecular flexibility index (Phi) is 5.27. The third-order valence-electron chi connectivity index (χ3n) is 1.06. The normalized spacial score (nSPS) is 9.20. The molecule has 1 N–H and O–H groups in total. The number of rotatable bonds is 0. The summed E-state index contributed by atoms with van der Waals surface area (Å²) in [5, 5.41) is 7.42. The average molecular weight is 289 g/mol. The fraction of sp³-hybridized carbons (Fsp3) is 0.125. The van der Waals surface area contributed by atoms with Gasteiger partial charge < -0.3 is 5.11 Å². The highest BCUT2D eigenvalue weighted by Gasteiger charge is 2.15. The van der Waals surface area contributed by atoms with E-state index in [1.165, 1.54) is 0 Å². The molecule has 0 aromatic heterocycles. The molecule has 0 fully saturated rings. The lowest BCUT2D eigenvalue weighted by Crippen LogP contribution is -1.94. The summed E-state index contributed by atoms with van der Waals surface area (Å²) in [5.74, 6) is -6.53. The number of hydrogen-bond donors (Lipinski definition) is 1. The van der Waals surface area contributed by atoms with Crippen molar-refractivity contribution in [2.45, 2.75) is 6.92 Å². The van der Waals surface area contributed by atoms with Crippen LogP contribution in [0.3, 0.4) is 0 Å². The summed E-state index contributed by atoms with van der Waals surface area (Å²) in [4.78, 5) is 9.00. The summed E-state index contributed by atoms with van der Waals surface area (Å²) in [5.41, 5.74) is 0. The van der Waals surface area contributed by atoms with Gasteiger partial charge in [0, 0.05) is 13.0 Å². The minimum Gasteiger partial charge on any atom is -0.481 e. The van der Waals surface area contributed by atoms with E-state index in [0.717, 1.165) is 6.92 Å². The summed E-state index contributed by atoms with van der Waals surface area (Å²) in [6, 6.07) is 0.148. The summed E-state index contributed by atoms with van der Waals surface area (Å²) >= 11 is 2.35. The topological polar surface area (TPSA) is 37.3 Å². The van der Waals surface area contributed by atoms with Gasteiger partial charge in [0.2, 0.25) is 0 Å². The number of hydrogen-bond acceptors (Lipinski definition) is 1. The van der Waals surface area contributed by atoms with E-state index in [1.807, 2.05) is 0 Å². The Morgan fingerprint density at radius 2 is 1.47 bits per heavy atom. The number of carboxylic acid groups (broad SMARTS) is 1. The van der Waals surface area contributed by atoms with Crippen LogP contribution in [0.4, 0.5) is 17.6 Å². The molecule has 15 heavy (non-hydrogen) atoms. The SMILES string of the molecule is CC(=O)O.Fc1cc(F)c(F)c(Br)c1F. The van der Waals surface area contributed by atoms with Crippen molar-refractivity contribution in [2.75, 3.05) is 0 Å². The molecule has 1 aromatic rings. The highest BCUT2D eigenvalue weighted by molar-refractivity contribution is 9.10. The zero-order chi connectivity index (χ0) is 12.2. The van der Waals surface area contributed by atoms with E-state index in [1.54, 1.807) is 0 Å². The largest absolute Gasteiger partial charge is 0.481 e. The van der Waals surface area contributed by atoms with Gasteiger partial charge in [-0.15, -0.1) is 0 Å². The Bertz CT molecular complexity index is 351. The van der Waals surface area contributed by atoms with Crippen LogP contribution in [0, 0.1) is 23.3 Å². The summed E-state index contributed by atoms with van der Waals surface area (Å²) in [6.45, 7) is 1.08. The van der Waals surface area contributed by atoms with E-state index in [2.05, 4.69) is 15.9 Å². The maximum absolute atomic E-state index is 12.3. The first-order chi connectivity index (χ1) is 6.77. The quantitative estimate of drug-likeness (QED) is 0.452. The van der Waals surface area contributed by atoms with Crippen molar-refractivity contribution in [2.24, 2.45) is 0 Å². The number of benzene rings is 1. The van der Waals surface area contributed by atoms with Crippen LogP contribution in [0.15, 0.2) is 10.5 Å². The molecule has 0 atom stereocenters. The first-order valence-corrected chi connectivity index (χ1v) is 4.24. The van der Waals surface area contributed by atoms with Gasteiger partial charge in [0.1, 0.15) is 0 Å². The summed E-state index contributed by atoms with van der Waals surface area (Å²) in [6.07, 6.45) is 0. The second kappa shape index (κ2) is 5.69. The molecule has 0 bridgehead atoms. The van der Waals surface area contributed by atoms with Crippen LogP contribution in [0.2, 0.25) is 0 Å². The van der Waals surface area contributed by atoms with Crippen LogP contribution in [0.1, 0.15) is 6.92 Å². The molecule has 2 nitrogen and oxygen atoms in total. The number of carbonyl (C=O) groups is 1. The second-order valence-electron chi connectivity index (χ2n) is 2.30. The Hall–Kier alpha value is -1.11. The van der Waals surface area contributed by atoms with Gasteiger partial charge in [0.25, 0.3) is 5.97 Å². The molecule has 0 aliphatic carbocycles. The van der Waals surface area contributed by atoms with Gasteiger partial charge in [0.15, 0.2) is 23.3 Å². The maximum Gasteiger partial charge on any atom is 0.300 e. The van der Waals surface area contributed by atoms with Crippen molar-refractivity contribution in [3.05, 3.63) is 33.8 Å². The molecule has 0 saturated heterocycles. The van der Waals surface area contributed by atoms with Gasteiger partial charge in [-0.25, -0.2) is 17.6 Å². The first-order valence-electron chi connectivity index (χ1n) is 3.45. The van der Waals surface area contributed by atoms with Gasteiger partial charge >= 0.3 is 0 Å². The van der Waals surface area contributed by atoms with E-state index in [4.69, 9.17) is 9.90 Å². The molecule has 1 rings (SSSR count). The smallest absolute Gasteiger partial charge is 0.300 e. The molecule has 84 valence electrons.